The molecule has 5 heteroatoms. The van der Waals surface area contributed by atoms with Crippen molar-refractivity contribution in [2.75, 3.05) is 18.5 Å². The van der Waals surface area contributed by atoms with E-state index in [-0.39, 0.29) is 17.3 Å². The second-order valence-electron chi connectivity index (χ2n) is 5.27. The molecule has 0 fully saturated rings. The number of rotatable bonds is 5. The summed E-state index contributed by atoms with van der Waals surface area (Å²) in [6.07, 6.45) is 0.917. The van der Waals surface area contributed by atoms with Crippen molar-refractivity contribution in [1.29, 1.82) is 0 Å². The fraction of sp³-hybridized carbons (Fsp3) is 0.294. The van der Waals surface area contributed by atoms with Crippen molar-refractivity contribution in [2.24, 2.45) is 0 Å². The Hall–Kier alpha value is -1.88. The number of phenols is 2. The second-order valence-corrected chi connectivity index (χ2v) is 6.38. The minimum atomic E-state index is -0.291. The molecule has 0 aromatic heterocycles. The number of benzene rings is 2. The first-order valence-corrected chi connectivity index (χ1v) is 7.95. The van der Waals surface area contributed by atoms with E-state index in [1.165, 1.54) is 23.9 Å². The number of phenolic OH excluding ortho intramolecular Hbond substituents is 2. The van der Waals surface area contributed by atoms with E-state index in [1.54, 1.807) is 12.1 Å². The Kier molecular flexibility index (Phi) is 5.19. The van der Waals surface area contributed by atoms with Crippen LogP contribution in [0, 0.1) is 12.7 Å². The standard InChI is InChI=1S/C17H20FNO2S/c1-4-7-19(3)14-9-12(10-15(20)17(14)21)22-16-6-5-11(2)8-13(16)18/h5-6,8-10,20-21H,4,7H2,1-3H3. The molecule has 0 aliphatic rings. The molecule has 0 spiro atoms. The summed E-state index contributed by atoms with van der Waals surface area (Å²) in [4.78, 5) is 3.03. The van der Waals surface area contributed by atoms with Crippen LogP contribution in [0.1, 0.15) is 18.9 Å². The highest BCUT2D eigenvalue weighted by atomic mass is 32.2. The van der Waals surface area contributed by atoms with Crippen LogP contribution in [0.2, 0.25) is 0 Å². The third-order valence-electron chi connectivity index (χ3n) is 3.33. The van der Waals surface area contributed by atoms with Crippen molar-refractivity contribution in [3.63, 3.8) is 0 Å². The molecule has 118 valence electrons. The van der Waals surface area contributed by atoms with Crippen LogP contribution < -0.4 is 4.90 Å². The lowest BCUT2D eigenvalue weighted by atomic mass is 10.2. The van der Waals surface area contributed by atoms with Crippen molar-refractivity contribution in [1.82, 2.24) is 0 Å². The third kappa shape index (κ3) is 3.65. The maximum Gasteiger partial charge on any atom is 0.181 e. The first-order valence-electron chi connectivity index (χ1n) is 7.13. The Morgan fingerprint density at radius 3 is 2.55 bits per heavy atom. The maximum atomic E-state index is 14.0. The van der Waals surface area contributed by atoms with Crippen molar-refractivity contribution >= 4 is 17.4 Å². The quantitative estimate of drug-likeness (QED) is 0.793. The topological polar surface area (TPSA) is 43.7 Å². The van der Waals surface area contributed by atoms with Gasteiger partial charge in [-0.15, -0.1) is 0 Å². The zero-order valence-corrected chi connectivity index (χ0v) is 13.7. The molecule has 22 heavy (non-hydrogen) atoms. The summed E-state index contributed by atoms with van der Waals surface area (Å²) >= 11 is 1.22. The van der Waals surface area contributed by atoms with E-state index in [0.717, 1.165) is 18.5 Å². The number of hydrogen-bond donors (Lipinski definition) is 2. The van der Waals surface area contributed by atoms with Gasteiger partial charge in [-0.2, -0.15) is 0 Å². The van der Waals surface area contributed by atoms with Crippen LogP contribution in [-0.2, 0) is 0 Å². The van der Waals surface area contributed by atoms with E-state index in [0.29, 0.717) is 15.5 Å². The second kappa shape index (κ2) is 6.92. The number of anilines is 1. The van der Waals surface area contributed by atoms with Gasteiger partial charge < -0.3 is 15.1 Å². The van der Waals surface area contributed by atoms with Crippen molar-refractivity contribution < 1.29 is 14.6 Å². The largest absolute Gasteiger partial charge is 0.504 e. The zero-order chi connectivity index (χ0) is 16.3. The predicted molar refractivity (Wildman–Crippen MR) is 88.6 cm³/mol. The maximum absolute atomic E-state index is 14.0. The van der Waals surface area contributed by atoms with Gasteiger partial charge in [0, 0.05) is 23.4 Å². The van der Waals surface area contributed by atoms with E-state index in [9.17, 15) is 14.6 Å². The molecule has 0 saturated carbocycles. The Balaban J connectivity index is 2.35. The van der Waals surface area contributed by atoms with Gasteiger partial charge in [-0.25, -0.2) is 4.39 Å². The summed E-state index contributed by atoms with van der Waals surface area (Å²) in [5, 5.41) is 19.9. The smallest absolute Gasteiger partial charge is 0.181 e. The Bertz CT molecular complexity index is 676. The van der Waals surface area contributed by atoms with Gasteiger partial charge in [-0.3, -0.25) is 0 Å². The van der Waals surface area contributed by atoms with E-state index in [4.69, 9.17) is 0 Å². The van der Waals surface area contributed by atoms with Crippen LogP contribution in [0.15, 0.2) is 40.1 Å². The van der Waals surface area contributed by atoms with Crippen LogP contribution in [0.4, 0.5) is 10.1 Å². The molecule has 2 N–H and O–H groups in total. The van der Waals surface area contributed by atoms with Gasteiger partial charge in [0.05, 0.1) is 5.69 Å². The number of aryl methyl sites for hydroxylation is 1. The van der Waals surface area contributed by atoms with Crippen LogP contribution in [0.3, 0.4) is 0 Å². The van der Waals surface area contributed by atoms with Crippen LogP contribution in [0.25, 0.3) is 0 Å². The van der Waals surface area contributed by atoms with Gasteiger partial charge in [0.15, 0.2) is 11.5 Å². The van der Waals surface area contributed by atoms with Gasteiger partial charge in [-0.1, -0.05) is 24.8 Å². The van der Waals surface area contributed by atoms with E-state index < -0.39 is 0 Å². The molecule has 0 amide bonds. The molecule has 0 heterocycles. The number of nitrogens with zero attached hydrogens (tertiary/aromatic N) is 1. The number of halogens is 1. The first-order chi connectivity index (χ1) is 10.4. The van der Waals surface area contributed by atoms with Crippen molar-refractivity contribution in [2.45, 2.75) is 30.1 Å². The predicted octanol–water partition coefficient (Wildman–Crippen LogP) is 4.54. The van der Waals surface area contributed by atoms with Crippen molar-refractivity contribution in [3.8, 4) is 11.5 Å². The summed E-state index contributed by atoms with van der Waals surface area (Å²) in [6.45, 7) is 4.62. The molecule has 0 radical (unpaired) electrons. The minimum absolute atomic E-state index is 0.148. The summed E-state index contributed by atoms with van der Waals surface area (Å²) in [7, 11) is 1.85. The number of hydrogen-bond acceptors (Lipinski definition) is 4. The number of aromatic hydroxyl groups is 2. The normalized spacial score (nSPS) is 10.7. The molecule has 2 aromatic rings. The first kappa shape index (κ1) is 16.5. The average molecular weight is 321 g/mol. The summed E-state index contributed by atoms with van der Waals surface area (Å²) in [5.41, 5.74) is 1.40. The highest BCUT2D eigenvalue weighted by Gasteiger charge is 2.14. The monoisotopic (exact) mass is 321 g/mol. The Labute approximate surface area is 134 Å². The molecule has 2 aromatic carbocycles. The SMILES string of the molecule is CCCN(C)c1cc(Sc2ccc(C)cc2F)cc(O)c1O. The molecule has 0 unspecified atom stereocenters. The summed E-state index contributed by atoms with van der Waals surface area (Å²) in [5.74, 6) is -0.638. The molecular weight excluding hydrogens is 301 g/mol. The third-order valence-corrected chi connectivity index (χ3v) is 4.35. The Morgan fingerprint density at radius 1 is 1.18 bits per heavy atom. The van der Waals surface area contributed by atoms with Gasteiger partial charge in [0.25, 0.3) is 0 Å². The zero-order valence-electron chi connectivity index (χ0n) is 12.9. The summed E-state index contributed by atoms with van der Waals surface area (Å²) < 4.78 is 14.0. The van der Waals surface area contributed by atoms with E-state index in [2.05, 4.69) is 0 Å². The highest BCUT2D eigenvalue weighted by Crippen LogP contribution is 2.41. The van der Waals surface area contributed by atoms with Crippen molar-refractivity contribution in [3.05, 3.63) is 41.7 Å². The van der Waals surface area contributed by atoms with E-state index in [1.807, 2.05) is 31.9 Å². The van der Waals surface area contributed by atoms with Gasteiger partial charge in [-0.05, 0) is 43.2 Å². The van der Waals surface area contributed by atoms with Crippen LogP contribution in [-0.4, -0.2) is 23.8 Å². The molecule has 2 rings (SSSR count). The molecular formula is C17H20FNO2S. The van der Waals surface area contributed by atoms with E-state index >= 15 is 0 Å². The summed E-state index contributed by atoms with van der Waals surface area (Å²) in [6, 6.07) is 8.24. The van der Waals surface area contributed by atoms with Crippen LogP contribution >= 0.6 is 11.8 Å². The molecule has 3 nitrogen and oxygen atoms in total. The minimum Gasteiger partial charge on any atom is -0.504 e. The van der Waals surface area contributed by atoms with Crippen LogP contribution in [0.5, 0.6) is 11.5 Å². The molecule has 0 aliphatic carbocycles. The molecule has 0 bridgehead atoms. The highest BCUT2D eigenvalue weighted by molar-refractivity contribution is 7.99. The fourth-order valence-electron chi connectivity index (χ4n) is 2.20. The molecule has 0 saturated heterocycles. The fourth-order valence-corrected chi connectivity index (χ4v) is 3.09. The van der Waals surface area contributed by atoms with Gasteiger partial charge in [0.2, 0.25) is 0 Å². The lowest BCUT2D eigenvalue weighted by Gasteiger charge is -2.21. The van der Waals surface area contributed by atoms with Gasteiger partial charge >= 0.3 is 0 Å². The lowest BCUT2D eigenvalue weighted by Crippen LogP contribution is -2.17. The average Bonchev–Trinajstić information content (AvgIpc) is 2.45. The lowest BCUT2D eigenvalue weighted by molar-refractivity contribution is 0.402. The Morgan fingerprint density at radius 2 is 1.91 bits per heavy atom. The molecule has 0 aliphatic heterocycles. The van der Waals surface area contributed by atoms with Gasteiger partial charge in [0.1, 0.15) is 5.82 Å². The molecule has 0 atom stereocenters.